The molecule has 0 saturated heterocycles. The first-order valence-corrected chi connectivity index (χ1v) is 5.64. The molecule has 2 nitrogen and oxygen atoms in total. The minimum absolute atomic E-state index is 0.306. The van der Waals surface area contributed by atoms with Gasteiger partial charge in [0.2, 0.25) is 0 Å². The minimum Gasteiger partial charge on any atom is -0.399 e. The lowest BCUT2D eigenvalue weighted by Crippen LogP contribution is -2.09. The first-order chi connectivity index (χ1) is 8.58. The Labute approximate surface area is 104 Å². The van der Waals surface area contributed by atoms with Crippen LogP contribution in [-0.2, 0) is 0 Å². The van der Waals surface area contributed by atoms with Crippen molar-refractivity contribution in [2.24, 2.45) is 0 Å². The fraction of sp³-hybridized carbons (Fsp3) is 0.143. The summed E-state index contributed by atoms with van der Waals surface area (Å²) in [5, 5.41) is 2.92. The number of hydrogen-bond acceptors (Lipinski definition) is 2. The Balaban J connectivity index is 2.21. The average Bonchev–Trinajstić information content (AvgIpc) is 2.33. The van der Waals surface area contributed by atoms with Gasteiger partial charge in [-0.05, 0) is 31.2 Å². The normalized spacial score (nSPS) is 12.2. The SMILES string of the molecule is CC(Nc1ccc(N)cc1F)c1ccccc1F. The summed E-state index contributed by atoms with van der Waals surface area (Å²) in [5.41, 5.74) is 6.62. The molecule has 3 N–H and O–H groups in total. The van der Waals surface area contributed by atoms with E-state index in [1.807, 2.05) is 0 Å². The van der Waals surface area contributed by atoms with Crippen molar-refractivity contribution in [1.82, 2.24) is 0 Å². The van der Waals surface area contributed by atoms with Gasteiger partial charge in [0.1, 0.15) is 11.6 Å². The second-order valence-corrected chi connectivity index (χ2v) is 4.13. The van der Waals surface area contributed by atoms with Gasteiger partial charge in [-0.15, -0.1) is 0 Å². The van der Waals surface area contributed by atoms with E-state index in [0.29, 0.717) is 16.9 Å². The Kier molecular flexibility index (Phi) is 3.46. The molecule has 0 fully saturated rings. The van der Waals surface area contributed by atoms with Crippen LogP contribution in [0.1, 0.15) is 18.5 Å². The van der Waals surface area contributed by atoms with Crippen LogP contribution in [0.5, 0.6) is 0 Å². The maximum absolute atomic E-state index is 13.6. The molecule has 2 aromatic carbocycles. The lowest BCUT2D eigenvalue weighted by atomic mass is 10.1. The van der Waals surface area contributed by atoms with Gasteiger partial charge in [0.25, 0.3) is 0 Å². The van der Waals surface area contributed by atoms with Crippen molar-refractivity contribution in [3.05, 3.63) is 59.7 Å². The molecule has 0 bridgehead atoms. The fourth-order valence-corrected chi connectivity index (χ4v) is 1.79. The molecule has 0 aliphatic heterocycles. The van der Waals surface area contributed by atoms with Gasteiger partial charge in [0.05, 0.1) is 11.7 Å². The monoisotopic (exact) mass is 248 g/mol. The van der Waals surface area contributed by atoms with Crippen molar-refractivity contribution in [2.45, 2.75) is 13.0 Å². The Morgan fingerprint density at radius 2 is 1.78 bits per heavy atom. The molecule has 0 aliphatic carbocycles. The predicted octanol–water partition coefficient (Wildman–Crippen LogP) is 3.72. The van der Waals surface area contributed by atoms with Crippen molar-refractivity contribution in [3.63, 3.8) is 0 Å². The van der Waals surface area contributed by atoms with E-state index in [2.05, 4.69) is 5.32 Å². The maximum atomic E-state index is 13.6. The maximum Gasteiger partial charge on any atom is 0.148 e. The van der Waals surface area contributed by atoms with E-state index in [4.69, 9.17) is 5.73 Å². The number of nitrogen functional groups attached to an aromatic ring is 1. The summed E-state index contributed by atoms with van der Waals surface area (Å²) in [4.78, 5) is 0. The van der Waals surface area contributed by atoms with Gasteiger partial charge in [-0.2, -0.15) is 0 Å². The van der Waals surface area contributed by atoms with E-state index < -0.39 is 5.82 Å². The zero-order chi connectivity index (χ0) is 13.1. The van der Waals surface area contributed by atoms with Gasteiger partial charge in [-0.25, -0.2) is 8.78 Å². The van der Waals surface area contributed by atoms with E-state index in [1.165, 1.54) is 12.1 Å². The van der Waals surface area contributed by atoms with Gasteiger partial charge in [0.15, 0.2) is 0 Å². The Morgan fingerprint density at radius 3 is 2.44 bits per heavy atom. The molecule has 94 valence electrons. The molecule has 0 heterocycles. The van der Waals surface area contributed by atoms with Crippen LogP contribution in [0.3, 0.4) is 0 Å². The summed E-state index contributed by atoms with van der Waals surface area (Å²) in [6.07, 6.45) is 0. The van der Waals surface area contributed by atoms with Crippen LogP contribution in [0.25, 0.3) is 0 Å². The molecule has 0 radical (unpaired) electrons. The number of anilines is 2. The van der Waals surface area contributed by atoms with Crippen LogP contribution < -0.4 is 11.1 Å². The summed E-state index contributed by atoms with van der Waals surface area (Å²) in [6, 6.07) is 10.5. The molecule has 0 saturated carbocycles. The highest BCUT2D eigenvalue weighted by atomic mass is 19.1. The topological polar surface area (TPSA) is 38.0 Å². The highest BCUT2D eigenvalue weighted by molar-refractivity contribution is 5.53. The zero-order valence-electron chi connectivity index (χ0n) is 9.95. The molecule has 0 aromatic heterocycles. The van der Waals surface area contributed by atoms with Crippen molar-refractivity contribution >= 4 is 11.4 Å². The number of benzene rings is 2. The summed E-state index contributed by atoms with van der Waals surface area (Å²) >= 11 is 0. The van der Waals surface area contributed by atoms with Crippen molar-refractivity contribution in [2.75, 3.05) is 11.1 Å². The fourth-order valence-electron chi connectivity index (χ4n) is 1.79. The van der Waals surface area contributed by atoms with Crippen molar-refractivity contribution in [1.29, 1.82) is 0 Å². The molecule has 1 atom stereocenters. The second-order valence-electron chi connectivity index (χ2n) is 4.13. The highest BCUT2D eigenvalue weighted by Gasteiger charge is 2.12. The molecular formula is C14H14F2N2. The quantitative estimate of drug-likeness (QED) is 0.812. The van der Waals surface area contributed by atoms with E-state index in [0.717, 1.165) is 0 Å². The summed E-state index contributed by atoms with van der Waals surface area (Å²) in [5.74, 6) is -0.758. The van der Waals surface area contributed by atoms with Gasteiger partial charge >= 0.3 is 0 Å². The molecule has 1 unspecified atom stereocenters. The number of nitrogens with two attached hydrogens (primary N) is 1. The molecule has 0 amide bonds. The van der Waals surface area contributed by atoms with E-state index >= 15 is 0 Å². The number of hydrogen-bond donors (Lipinski definition) is 2. The summed E-state index contributed by atoms with van der Waals surface area (Å²) < 4.78 is 27.1. The third kappa shape index (κ3) is 2.59. The van der Waals surface area contributed by atoms with Gasteiger partial charge < -0.3 is 11.1 Å². The van der Waals surface area contributed by atoms with E-state index in [1.54, 1.807) is 37.3 Å². The van der Waals surface area contributed by atoms with Gasteiger partial charge in [0, 0.05) is 11.3 Å². The molecule has 0 spiro atoms. The number of rotatable bonds is 3. The van der Waals surface area contributed by atoms with Crippen LogP contribution in [0.15, 0.2) is 42.5 Å². The first kappa shape index (κ1) is 12.4. The van der Waals surface area contributed by atoms with Crippen LogP contribution in [0.4, 0.5) is 20.2 Å². The Morgan fingerprint density at radius 1 is 1.06 bits per heavy atom. The number of nitrogens with one attached hydrogen (secondary N) is 1. The Bertz CT molecular complexity index is 555. The van der Waals surface area contributed by atoms with Crippen LogP contribution in [0, 0.1) is 11.6 Å². The largest absolute Gasteiger partial charge is 0.399 e. The Hall–Kier alpha value is -2.10. The van der Waals surface area contributed by atoms with E-state index in [9.17, 15) is 8.78 Å². The molecule has 2 rings (SSSR count). The van der Waals surface area contributed by atoms with Crippen LogP contribution >= 0.6 is 0 Å². The predicted molar refractivity (Wildman–Crippen MR) is 69.3 cm³/mol. The van der Waals surface area contributed by atoms with Gasteiger partial charge in [-0.3, -0.25) is 0 Å². The minimum atomic E-state index is -0.446. The first-order valence-electron chi connectivity index (χ1n) is 5.64. The third-order valence-corrected chi connectivity index (χ3v) is 2.74. The molecular weight excluding hydrogens is 234 g/mol. The summed E-state index contributed by atoms with van der Waals surface area (Å²) in [6.45, 7) is 1.77. The van der Waals surface area contributed by atoms with Crippen LogP contribution in [0.2, 0.25) is 0 Å². The average molecular weight is 248 g/mol. The molecule has 18 heavy (non-hydrogen) atoms. The lowest BCUT2D eigenvalue weighted by molar-refractivity contribution is 0.596. The number of halogens is 2. The van der Waals surface area contributed by atoms with Crippen LogP contribution in [-0.4, -0.2) is 0 Å². The van der Waals surface area contributed by atoms with E-state index in [-0.39, 0.29) is 11.9 Å². The lowest BCUT2D eigenvalue weighted by Gasteiger charge is -2.17. The standard InChI is InChI=1S/C14H14F2N2/c1-9(11-4-2-3-5-12(11)15)18-14-7-6-10(17)8-13(14)16/h2-9,18H,17H2,1H3. The highest BCUT2D eigenvalue weighted by Crippen LogP contribution is 2.24. The van der Waals surface area contributed by atoms with Gasteiger partial charge in [-0.1, -0.05) is 18.2 Å². The molecule has 0 aliphatic rings. The zero-order valence-corrected chi connectivity index (χ0v) is 9.95. The second kappa shape index (κ2) is 5.04. The summed E-state index contributed by atoms with van der Waals surface area (Å²) in [7, 11) is 0. The molecule has 2 aromatic rings. The van der Waals surface area contributed by atoms with Crippen molar-refractivity contribution in [3.8, 4) is 0 Å². The smallest absolute Gasteiger partial charge is 0.148 e. The third-order valence-electron chi connectivity index (χ3n) is 2.74. The molecule has 4 heteroatoms. The van der Waals surface area contributed by atoms with Crippen molar-refractivity contribution < 1.29 is 8.78 Å².